The van der Waals surface area contributed by atoms with Gasteiger partial charge in [-0.25, -0.2) is 0 Å². The number of benzene rings is 1. The van der Waals surface area contributed by atoms with Crippen LogP contribution in [0.15, 0.2) is 24.6 Å². The molecule has 84 valence electrons. The van der Waals surface area contributed by atoms with Crippen molar-refractivity contribution in [1.82, 2.24) is 9.97 Å². The van der Waals surface area contributed by atoms with Crippen LogP contribution in [0, 0.1) is 0 Å². The fourth-order valence-corrected chi connectivity index (χ4v) is 2.14. The molecule has 0 unspecified atom stereocenters. The Morgan fingerprint density at radius 1 is 1.19 bits per heavy atom. The molecular weight excluding hydrogens is 346 g/mol. The lowest BCUT2D eigenvalue weighted by atomic mass is 10.2. The van der Waals surface area contributed by atoms with Crippen LogP contribution in [-0.4, -0.2) is 15.2 Å². The highest BCUT2D eigenvalue weighted by Crippen LogP contribution is 2.35. The van der Waals surface area contributed by atoms with Crippen LogP contribution in [-0.2, 0) is 0 Å². The topological polar surface area (TPSA) is 98.0 Å². The van der Waals surface area contributed by atoms with Crippen molar-refractivity contribution in [1.29, 1.82) is 0 Å². The Bertz CT molecular complexity index is 677. The minimum absolute atomic E-state index is 0.262. The maximum absolute atomic E-state index is 11.2. The van der Waals surface area contributed by atoms with Gasteiger partial charge in [0.25, 0.3) is 0 Å². The van der Waals surface area contributed by atoms with E-state index in [2.05, 4.69) is 41.8 Å². The van der Waals surface area contributed by atoms with E-state index in [1.54, 1.807) is 6.07 Å². The van der Waals surface area contributed by atoms with Gasteiger partial charge in [0.2, 0.25) is 0 Å². The lowest BCUT2D eigenvalue weighted by Crippen LogP contribution is -2.29. The summed E-state index contributed by atoms with van der Waals surface area (Å²) in [7, 11) is 0. The van der Waals surface area contributed by atoms with E-state index in [0.717, 1.165) is 0 Å². The van der Waals surface area contributed by atoms with Crippen molar-refractivity contribution < 1.29 is 5.21 Å². The molecule has 2 rings (SSSR count). The van der Waals surface area contributed by atoms with E-state index in [9.17, 15) is 9.59 Å². The lowest BCUT2D eigenvalue weighted by Gasteiger charge is -2.08. The molecule has 0 bridgehead atoms. The molecule has 8 heteroatoms. The smallest absolute Gasteiger partial charge is 0.314 e. The highest BCUT2D eigenvalue weighted by molar-refractivity contribution is 9.13. The Labute approximate surface area is 105 Å². The summed E-state index contributed by atoms with van der Waals surface area (Å²) >= 11 is 6.46. The van der Waals surface area contributed by atoms with Crippen LogP contribution >= 0.6 is 31.9 Å². The molecule has 4 N–H and O–H groups in total. The Hall–Kier alpha value is -1.12. The monoisotopic (exact) mass is 349 g/mol. The first-order valence-corrected chi connectivity index (χ1v) is 5.67. The van der Waals surface area contributed by atoms with Crippen molar-refractivity contribution in [3.8, 4) is 0 Å². The lowest BCUT2D eigenvalue weighted by molar-refractivity contribution is 0.389. The highest BCUT2D eigenvalue weighted by atomic mass is 79.9. The van der Waals surface area contributed by atoms with Gasteiger partial charge in [0.05, 0.1) is 15.5 Å². The van der Waals surface area contributed by atoms with Crippen LogP contribution in [0.5, 0.6) is 0 Å². The zero-order chi connectivity index (χ0) is 11.9. The summed E-state index contributed by atoms with van der Waals surface area (Å²) in [4.78, 5) is 27.1. The molecule has 1 aromatic carbocycles. The van der Waals surface area contributed by atoms with Crippen LogP contribution in [0.4, 0.5) is 5.69 Å². The van der Waals surface area contributed by atoms with Crippen LogP contribution in [0.2, 0.25) is 0 Å². The van der Waals surface area contributed by atoms with Crippen LogP contribution in [0.1, 0.15) is 0 Å². The molecular formula is C8H5Br2N3O3. The second kappa shape index (κ2) is 4.04. The maximum Gasteiger partial charge on any atom is 0.314 e. The molecule has 0 aliphatic heterocycles. The summed E-state index contributed by atoms with van der Waals surface area (Å²) < 4.78 is 1.16. The van der Waals surface area contributed by atoms with E-state index in [4.69, 9.17) is 5.21 Å². The fraction of sp³-hybridized carbons (Fsp3) is 0. The number of hydrogen-bond acceptors (Lipinski definition) is 4. The molecule has 2 aromatic rings. The van der Waals surface area contributed by atoms with E-state index in [0.29, 0.717) is 20.0 Å². The molecule has 16 heavy (non-hydrogen) atoms. The number of nitrogens with one attached hydrogen (secondary N) is 3. The van der Waals surface area contributed by atoms with Gasteiger partial charge in [0.1, 0.15) is 5.69 Å². The number of H-pyrrole nitrogens is 2. The molecule has 0 aliphatic rings. The minimum atomic E-state index is -0.779. The van der Waals surface area contributed by atoms with Crippen molar-refractivity contribution in [2.75, 3.05) is 5.48 Å². The number of aromatic amines is 2. The predicted octanol–water partition coefficient (Wildman–Crippen LogP) is 1.54. The quantitative estimate of drug-likeness (QED) is 0.463. The van der Waals surface area contributed by atoms with Gasteiger partial charge in [-0.05, 0) is 37.9 Å². The molecule has 0 radical (unpaired) electrons. The standard InChI is InChI=1S/C8H5Br2N3O3/c9-2-1-3-5(6(13-16)4(2)10)12-8(15)7(14)11-3/h1,13,16H,(H,11,14)(H,12,15). The highest BCUT2D eigenvalue weighted by Gasteiger charge is 2.11. The third-order valence-corrected chi connectivity index (χ3v) is 4.01. The minimum Gasteiger partial charge on any atom is -0.316 e. The number of halogens is 2. The van der Waals surface area contributed by atoms with Crippen molar-refractivity contribution in [2.45, 2.75) is 0 Å². The Morgan fingerprint density at radius 3 is 2.44 bits per heavy atom. The average Bonchev–Trinajstić information content (AvgIpc) is 2.24. The SMILES string of the molecule is O=c1[nH]c2cc(Br)c(Br)c(NO)c2[nH]c1=O. The molecule has 0 fully saturated rings. The first-order valence-electron chi connectivity index (χ1n) is 4.09. The number of aromatic nitrogens is 2. The number of rotatable bonds is 1. The summed E-state index contributed by atoms with van der Waals surface area (Å²) in [5, 5.41) is 8.99. The summed E-state index contributed by atoms with van der Waals surface area (Å²) in [6.45, 7) is 0. The normalized spacial score (nSPS) is 10.7. The van der Waals surface area contributed by atoms with Crippen LogP contribution in [0.3, 0.4) is 0 Å². The molecule has 0 spiro atoms. The number of hydrogen-bond donors (Lipinski definition) is 4. The molecule has 0 amide bonds. The summed E-state index contributed by atoms with van der Waals surface area (Å²) in [6.07, 6.45) is 0. The van der Waals surface area contributed by atoms with Gasteiger partial charge in [0.15, 0.2) is 0 Å². The van der Waals surface area contributed by atoms with E-state index in [1.807, 2.05) is 5.48 Å². The van der Waals surface area contributed by atoms with Gasteiger partial charge in [-0.1, -0.05) is 0 Å². The van der Waals surface area contributed by atoms with Gasteiger partial charge in [-0.15, -0.1) is 0 Å². The van der Waals surface area contributed by atoms with E-state index in [1.165, 1.54) is 0 Å². The largest absolute Gasteiger partial charge is 0.316 e. The molecule has 1 heterocycles. The molecule has 6 nitrogen and oxygen atoms in total. The summed E-state index contributed by atoms with van der Waals surface area (Å²) in [6, 6.07) is 1.61. The van der Waals surface area contributed by atoms with E-state index in [-0.39, 0.29) is 5.69 Å². The molecule has 1 aromatic heterocycles. The van der Waals surface area contributed by atoms with Crippen molar-refractivity contribution in [3.63, 3.8) is 0 Å². The molecule has 0 atom stereocenters. The molecule has 0 saturated heterocycles. The zero-order valence-corrected chi connectivity index (χ0v) is 10.8. The zero-order valence-electron chi connectivity index (χ0n) is 7.60. The third kappa shape index (κ3) is 1.68. The maximum atomic E-state index is 11.2. The molecule has 0 aliphatic carbocycles. The van der Waals surface area contributed by atoms with Gasteiger partial charge in [-0.2, -0.15) is 0 Å². The predicted molar refractivity (Wildman–Crippen MR) is 66.0 cm³/mol. The third-order valence-electron chi connectivity index (χ3n) is 2.02. The Morgan fingerprint density at radius 2 is 1.81 bits per heavy atom. The number of anilines is 1. The molecule has 0 saturated carbocycles. The summed E-state index contributed by atoms with van der Waals surface area (Å²) in [5.74, 6) is 0. The van der Waals surface area contributed by atoms with Gasteiger partial charge in [0, 0.05) is 4.47 Å². The van der Waals surface area contributed by atoms with Crippen molar-refractivity contribution in [2.24, 2.45) is 0 Å². The van der Waals surface area contributed by atoms with Gasteiger partial charge in [-0.3, -0.25) is 20.3 Å². The summed E-state index contributed by atoms with van der Waals surface area (Å²) in [5.41, 5.74) is 1.40. The van der Waals surface area contributed by atoms with Gasteiger partial charge < -0.3 is 9.97 Å². The first kappa shape index (κ1) is 11.4. The Kier molecular flexibility index (Phi) is 2.87. The van der Waals surface area contributed by atoms with Crippen LogP contribution < -0.4 is 16.6 Å². The van der Waals surface area contributed by atoms with Crippen molar-refractivity contribution >= 4 is 48.6 Å². The van der Waals surface area contributed by atoms with E-state index >= 15 is 0 Å². The first-order chi connectivity index (χ1) is 7.54. The van der Waals surface area contributed by atoms with Crippen molar-refractivity contribution in [3.05, 3.63) is 35.7 Å². The fourth-order valence-electron chi connectivity index (χ4n) is 1.31. The Balaban J connectivity index is 3.03. The second-order valence-corrected chi connectivity index (χ2v) is 4.64. The average molecular weight is 351 g/mol. The van der Waals surface area contributed by atoms with E-state index < -0.39 is 11.1 Å². The van der Waals surface area contributed by atoms with Gasteiger partial charge >= 0.3 is 11.1 Å². The second-order valence-electron chi connectivity index (χ2n) is 2.99. The van der Waals surface area contributed by atoms with Crippen LogP contribution in [0.25, 0.3) is 11.0 Å². The number of fused-ring (bicyclic) bond motifs is 1.